The topological polar surface area (TPSA) is 72.8 Å². The molecule has 24 heavy (non-hydrogen) atoms. The van der Waals surface area contributed by atoms with E-state index in [4.69, 9.17) is 14.3 Å². The molecule has 0 amide bonds. The first-order chi connectivity index (χ1) is 10.9. The molecule has 6 heteroatoms. The van der Waals surface area contributed by atoms with Crippen molar-refractivity contribution in [3.8, 4) is 5.75 Å². The highest BCUT2D eigenvalue weighted by Crippen LogP contribution is 2.38. The Labute approximate surface area is 145 Å². The first-order valence-corrected chi connectivity index (χ1v) is 11.0. The minimum absolute atomic E-state index is 0.0493. The molecule has 0 aromatic heterocycles. The predicted octanol–water partition coefficient (Wildman–Crippen LogP) is 4.15. The van der Waals surface area contributed by atoms with Gasteiger partial charge in [0, 0.05) is 18.9 Å². The normalized spacial score (nSPS) is 11.9. The summed E-state index contributed by atoms with van der Waals surface area (Å²) in [7, 11) is -2.02. The maximum atomic E-state index is 11.1. The number of carboxylic acid groups (broad SMARTS) is 1. The SMILES string of the molecule is CC(=O)OCc1cc(CCC(=O)O)ccc1O[Si](C)(C)C(C)(C)C. The zero-order valence-electron chi connectivity index (χ0n) is 15.4. The van der Waals surface area contributed by atoms with Crippen LogP contribution in [-0.2, 0) is 27.4 Å². The Hall–Kier alpha value is -1.82. The number of carbonyl (C=O) groups is 2. The van der Waals surface area contributed by atoms with Crippen LogP contribution in [-0.4, -0.2) is 25.4 Å². The highest BCUT2D eigenvalue weighted by molar-refractivity contribution is 6.74. The van der Waals surface area contributed by atoms with Gasteiger partial charge in [0.15, 0.2) is 0 Å². The standard InChI is InChI=1S/C18H28O5Si/c1-13(19)22-12-15-11-14(8-10-17(20)21)7-9-16(15)23-24(5,6)18(2,3)4/h7,9,11H,8,10,12H2,1-6H3,(H,20,21). The molecule has 0 aliphatic rings. The fraction of sp³-hybridized carbons (Fsp3) is 0.556. The maximum absolute atomic E-state index is 11.1. The molecule has 0 atom stereocenters. The zero-order valence-corrected chi connectivity index (χ0v) is 16.4. The van der Waals surface area contributed by atoms with Crippen molar-refractivity contribution < 1.29 is 23.9 Å². The lowest BCUT2D eigenvalue weighted by atomic mass is 10.1. The van der Waals surface area contributed by atoms with Gasteiger partial charge in [0.05, 0.1) is 0 Å². The van der Waals surface area contributed by atoms with Gasteiger partial charge in [-0.1, -0.05) is 26.8 Å². The lowest BCUT2D eigenvalue weighted by Crippen LogP contribution is -2.44. The summed E-state index contributed by atoms with van der Waals surface area (Å²) in [6, 6.07) is 5.60. The third kappa shape index (κ3) is 6.00. The van der Waals surface area contributed by atoms with E-state index in [0.717, 1.165) is 11.1 Å². The van der Waals surface area contributed by atoms with Crippen molar-refractivity contribution in [3.05, 3.63) is 29.3 Å². The van der Waals surface area contributed by atoms with Crippen LogP contribution < -0.4 is 4.43 Å². The number of benzene rings is 1. The molecule has 5 nitrogen and oxygen atoms in total. The summed E-state index contributed by atoms with van der Waals surface area (Å²) in [6.45, 7) is 12.3. The smallest absolute Gasteiger partial charge is 0.303 e. The number of ether oxygens (including phenoxy) is 1. The molecule has 0 saturated heterocycles. The van der Waals surface area contributed by atoms with Gasteiger partial charge in [0.25, 0.3) is 0 Å². The molecule has 0 spiro atoms. The second-order valence-electron chi connectivity index (χ2n) is 7.48. The fourth-order valence-corrected chi connectivity index (χ4v) is 2.91. The van der Waals surface area contributed by atoms with Crippen LogP contribution in [0.25, 0.3) is 0 Å². The van der Waals surface area contributed by atoms with E-state index in [0.29, 0.717) is 12.2 Å². The van der Waals surface area contributed by atoms with E-state index in [9.17, 15) is 9.59 Å². The number of carbonyl (C=O) groups excluding carboxylic acids is 1. The van der Waals surface area contributed by atoms with Gasteiger partial charge in [-0.2, -0.15) is 0 Å². The van der Waals surface area contributed by atoms with Gasteiger partial charge in [-0.15, -0.1) is 0 Å². The number of hydrogen-bond donors (Lipinski definition) is 1. The van der Waals surface area contributed by atoms with E-state index in [1.165, 1.54) is 6.92 Å². The average molecular weight is 353 g/mol. The number of rotatable bonds is 7. The molecular weight excluding hydrogens is 324 g/mol. The lowest BCUT2D eigenvalue weighted by Gasteiger charge is -2.37. The number of carboxylic acids is 1. The summed E-state index contributed by atoms with van der Waals surface area (Å²) in [5, 5.41) is 8.88. The van der Waals surface area contributed by atoms with E-state index < -0.39 is 14.3 Å². The van der Waals surface area contributed by atoms with Crippen LogP contribution in [0.2, 0.25) is 18.1 Å². The van der Waals surface area contributed by atoms with Crippen molar-refractivity contribution in [1.29, 1.82) is 0 Å². The molecule has 0 heterocycles. The molecule has 0 aliphatic carbocycles. The van der Waals surface area contributed by atoms with Crippen molar-refractivity contribution in [2.75, 3.05) is 0 Å². The third-order valence-electron chi connectivity index (χ3n) is 4.35. The highest BCUT2D eigenvalue weighted by atomic mass is 28.4. The van der Waals surface area contributed by atoms with Crippen molar-refractivity contribution in [2.45, 2.75) is 65.3 Å². The second kappa shape index (κ2) is 7.83. The monoisotopic (exact) mass is 352 g/mol. The molecule has 0 saturated carbocycles. The van der Waals surface area contributed by atoms with E-state index in [1.807, 2.05) is 18.2 Å². The van der Waals surface area contributed by atoms with Crippen LogP contribution in [0.15, 0.2) is 18.2 Å². The molecule has 134 valence electrons. The Kier molecular flexibility index (Phi) is 6.60. The molecular formula is C18H28O5Si. The van der Waals surface area contributed by atoms with Gasteiger partial charge in [0.1, 0.15) is 12.4 Å². The number of aliphatic carboxylic acids is 1. The number of hydrogen-bond acceptors (Lipinski definition) is 4. The Balaban J connectivity index is 3.08. The van der Waals surface area contributed by atoms with E-state index in [1.54, 1.807) is 0 Å². The van der Waals surface area contributed by atoms with Crippen molar-refractivity contribution >= 4 is 20.3 Å². The minimum atomic E-state index is -2.02. The van der Waals surface area contributed by atoms with Gasteiger partial charge in [0.2, 0.25) is 8.32 Å². The predicted molar refractivity (Wildman–Crippen MR) is 95.7 cm³/mol. The lowest BCUT2D eigenvalue weighted by molar-refractivity contribution is -0.142. The molecule has 1 aromatic rings. The van der Waals surface area contributed by atoms with Crippen LogP contribution in [0.3, 0.4) is 0 Å². The third-order valence-corrected chi connectivity index (χ3v) is 8.70. The molecule has 0 bridgehead atoms. The highest BCUT2D eigenvalue weighted by Gasteiger charge is 2.39. The van der Waals surface area contributed by atoms with Crippen molar-refractivity contribution in [2.24, 2.45) is 0 Å². The molecule has 0 fully saturated rings. The Morgan fingerprint density at radius 2 is 1.83 bits per heavy atom. The molecule has 0 aliphatic heterocycles. The first-order valence-electron chi connectivity index (χ1n) is 8.08. The summed E-state index contributed by atoms with van der Waals surface area (Å²) in [5.74, 6) is -0.482. The first kappa shape index (κ1) is 20.2. The Morgan fingerprint density at radius 3 is 2.33 bits per heavy atom. The van der Waals surface area contributed by atoms with Crippen LogP contribution >= 0.6 is 0 Å². The maximum Gasteiger partial charge on any atom is 0.303 e. The van der Waals surface area contributed by atoms with E-state index in [2.05, 4.69) is 33.9 Å². The van der Waals surface area contributed by atoms with Crippen LogP contribution in [0, 0.1) is 0 Å². The Bertz CT molecular complexity index is 602. The van der Waals surface area contributed by atoms with Crippen molar-refractivity contribution in [1.82, 2.24) is 0 Å². The van der Waals surface area contributed by atoms with E-state index >= 15 is 0 Å². The summed E-state index contributed by atoms with van der Waals surface area (Å²) in [5.41, 5.74) is 1.67. The number of aryl methyl sites for hydroxylation is 1. The Morgan fingerprint density at radius 1 is 1.21 bits per heavy atom. The van der Waals surface area contributed by atoms with E-state index in [-0.39, 0.29) is 24.0 Å². The average Bonchev–Trinajstić information content (AvgIpc) is 2.42. The molecule has 0 radical (unpaired) electrons. The zero-order chi connectivity index (χ0) is 18.5. The minimum Gasteiger partial charge on any atom is -0.543 e. The molecule has 1 N–H and O–H groups in total. The number of esters is 1. The van der Waals surface area contributed by atoms with Gasteiger partial charge < -0.3 is 14.3 Å². The van der Waals surface area contributed by atoms with Crippen LogP contribution in [0.4, 0.5) is 0 Å². The molecule has 1 aromatic carbocycles. The van der Waals surface area contributed by atoms with Crippen LogP contribution in [0.1, 0.15) is 45.2 Å². The quantitative estimate of drug-likeness (QED) is 0.589. The van der Waals surface area contributed by atoms with Crippen molar-refractivity contribution in [3.63, 3.8) is 0 Å². The second-order valence-corrected chi connectivity index (χ2v) is 12.2. The summed E-state index contributed by atoms with van der Waals surface area (Å²) >= 11 is 0. The fourth-order valence-electron chi connectivity index (χ4n) is 1.86. The molecule has 1 rings (SSSR count). The summed E-state index contributed by atoms with van der Waals surface area (Å²) in [6.07, 6.45) is 0.498. The largest absolute Gasteiger partial charge is 0.543 e. The summed E-state index contributed by atoms with van der Waals surface area (Å²) in [4.78, 5) is 21.9. The van der Waals surface area contributed by atoms with Gasteiger partial charge in [-0.25, -0.2) is 0 Å². The molecule has 0 unspecified atom stereocenters. The van der Waals surface area contributed by atoms with Gasteiger partial charge >= 0.3 is 11.9 Å². The van der Waals surface area contributed by atoms with Crippen LogP contribution in [0.5, 0.6) is 5.75 Å². The van der Waals surface area contributed by atoms with Gasteiger partial charge in [-0.05, 0) is 42.2 Å². The summed E-state index contributed by atoms with van der Waals surface area (Å²) < 4.78 is 11.5. The van der Waals surface area contributed by atoms with Gasteiger partial charge in [-0.3, -0.25) is 9.59 Å².